The SMILES string of the molecule is CCOC(C(=O)CC(C)(C)C)C(C)(C)C. The summed E-state index contributed by atoms with van der Waals surface area (Å²) in [5, 5.41) is 0. The molecule has 2 nitrogen and oxygen atoms in total. The second-order valence-electron chi connectivity index (χ2n) is 6.41. The summed E-state index contributed by atoms with van der Waals surface area (Å²) >= 11 is 0. The Labute approximate surface area is 94.4 Å². The van der Waals surface area contributed by atoms with Crippen LogP contribution in [0.25, 0.3) is 0 Å². The summed E-state index contributed by atoms with van der Waals surface area (Å²) in [4.78, 5) is 12.1. The lowest BCUT2D eigenvalue weighted by molar-refractivity contribution is -0.139. The van der Waals surface area contributed by atoms with Crippen molar-refractivity contribution in [2.24, 2.45) is 10.8 Å². The molecule has 1 atom stereocenters. The molecule has 0 N–H and O–H groups in total. The van der Waals surface area contributed by atoms with E-state index < -0.39 is 0 Å². The van der Waals surface area contributed by atoms with Crippen LogP contribution in [-0.4, -0.2) is 18.5 Å². The van der Waals surface area contributed by atoms with E-state index in [0.29, 0.717) is 13.0 Å². The first-order valence-corrected chi connectivity index (χ1v) is 5.72. The molecule has 2 heteroatoms. The number of carbonyl (C=O) groups is 1. The monoisotopic (exact) mass is 214 g/mol. The van der Waals surface area contributed by atoms with Crippen molar-refractivity contribution in [3.63, 3.8) is 0 Å². The molecule has 0 radical (unpaired) electrons. The first-order chi connectivity index (χ1) is 6.58. The molecule has 0 amide bonds. The second-order valence-corrected chi connectivity index (χ2v) is 6.41. The Morgan fingerprint density at radius 3 is 1.87 bits per heavy atom. The van der Waals surface area contributed by atoms with E-state index in [9.17, 15) is 4.79 Å². The molecule has 90 valence electrons. The average Bonchev–Trinajstić information content (AvgIpc) is 1.93. The average molecular weight is 214 g/mol. The van der Waals surface area contributed by atoms with Crippen LogP contribution in [0.15, 0.2) is 0 Å². The van der Waals surface area contributed by atoms with Crippen LogP contribution in [0.2, 0.25) is 0 Å². The van der Waals surface area contributed by atoms with Crippen molar-refractivity contribution < 1.29 is 9.53 Å². The third kappa shape index (κ3) is 5.93. The zero-order valence-electron chi connectivity index (χ0n) is 11.3. The summed E-state index contributed by atoms with van der Waals surface area (Å²) in [6.45, 7) is 14.9. The van der Waals surface area contributed by atoms with Crippen LogP contribution in [0, 0.1) is 10.8 Å². The highest BCUT2D eigenvalue weighted by atomic mass is 16.5. The molecule has 0 aromatic carbocycles. The fourth-order valence-electron chi connectivity index (χ4n) is 1.61. The third-order valence-electron chi connectivity index (χ3n) is 2.12. The van der Waals surface area contributed by atoms with Gasteiger partial charge in [0.2, 0.25) is 0 Å². The maximum atomic E-state index is 12.1. The summed E-state index contributed by atoms with van der Waals surface area (Å²) in [6.07, 6.45) is 0.302. The van der Waals surface area contributed by atoms with Crippen molar-refractivity contribution in [1.82, 2.24) is 0 Å². The van der Waals surface area contributed by atoms with Gasteiger partial charge in [-0.15, -0.1) is 0 Å². The number of hydrogen-bond acceptors (Lipinski definition) is 2. The quantitative estimate of drug-likeness (QED) is 0.716. The molecule has 1 unspecified atom stereocenters. The number of rotatable bonds is 4. The predicted octanol–water partition coefficient (Wildman–Crippen LogP) is 3.44. The summed E-state index contributed by atoms with van der Waals surface area (Å²) in [6, 6.07) is 0. The maximum Gasteiger partial charge on any atom is 0.162 e. The van der Waals surface area contributed by atoms with Crippen molar-refractivity contribution in [1.29, 1.82) is 0 Å². The smallest absolute Gasteiger partial charge is 0.162 e. The van der Waals surface area contributed by atoms with Crippen LogP contribution in [-0.2, 0) is 9.53 Å². The van der Waals surface area contributed by atoms with E-state index >= 15 is 0 Å². The van der Waals surface area contributed by atoms with E-state index in [4.69, 9.17) is 4.74 Å². The van der Waals surface area contributed by atoms with Crippen LogP contribution in [0.1, 0.15) is 54.9 Å². The van der Waals surface area contributed by atoms with E-state index in [1.165, 1.54) is 0 Å². The van der Waals surface area contributed by atoms with Gasteiger partial charge < -0.3 is 4.74 Å². The molecular weight excluding hydrogens is 188 g/mol. The lowest BCUT2D eigenvalue weighted by Crippen LogP contribution is -2.38. The van der Waals surface area contributed by atoms with Gasteiger partial charge in [-0.3, -0.25) is 4.79 Å². The third-order valence-corrected chi connectivity index (χ3v) is 2.12. The fourth-order valence-corrected chi connectivity index (χ4v) is 1.61. The topological polar surface area (TPSA) is 26.3 Å². The molecule has 0 aliphatic rings. The normalized spacial score (nSPS) is 15.1. The molecule has 0 rings (SSSR count). The zero-order chi connectivity index (χ0) is 12.3. The van der Waals surface area contributed by atoms with Crippen molar-refractivity contribution >= 4 is 5.78 Å². The van der Waals surface area contributed by atoms with Crippen LogP contribution >= 0.6 is 0 Å². The van der Waals surface area contributed by atoms with Crippen molar-refractivity contribution in [2.45, 2.75) is 61.0 Å². The number of carbonyl (C=O) groups excluding carboxylic acids is 1. The highest BCUT2D eigenvalue weighted by Gasteiger charge is 2.33. The van der Waals surface area contributed by atoms with E-state index in [1.54, 1.807) is 0 Å². The van der Waals surface area contributed by atoms with Crippen molar-refractivity contribution in [3.8, 4) is 0 Å². The molecule has 15 heavy (non-hydrogen) atoms. The molecule has 0 spiro atoms. The minimum Gasteiger partial charge on any atom is -0.370 e. The summed E-state index contributed by atoms with van der Waals surface area (Å²) < 4.78 is 5.56. The van der Waals surface area contributed by atoms with E-state index in [-0.39, 0.29) is 22.7 Å². The van der Waals surface area contributed by atoms with Crippen LogP contribution < -0.4 is 0 Å². The van der Waals surface area contributed by atoms with Gasteiger partial charge in [0, 0.05) is 13.0 Å². The minimum absolute atomic E-state index is 0.0394. The van der Waals surface area contributed by atoms with Crippen LogP contribution in [0.3, 0.4) is 0 Å². The fraction of sp³-hybridized carbons (Fsp3) is 0.923. The first kappa shape index (κ1) is 14.6. The number of Topliss-reactive ketones (excluding diaryl/α,β-unsaturated/α-hetero) is 1. The van der Waals surface area contributed by atoms with Gasteiger partial charge in [0.1, 0.15) is 6.10 Å². The number of ketones is 1. The Bertz CT molecular complexity index is 206. The van der Waals surface area contributed by atoms with Crippen LogP contribution in [0.4, 0.5) is 0 Å². The molecule has 0 saturated carbocycles. The highest BCUT2D eigenvalue weighted by molar-refractivity contribution is 5.84. The lowest BCUT2D eigenvalue weighted by Gasteiger charge is -2.31. The zero-order valence-corrected chi connectivity index (χ0v) is 11.3. The summed E-state index contributed by atoms with van der Waals surface area (Å²) in [5.41, 5.74) is -0.0734. The van der Waals surface area contributed by atoms with Crippen LogP contribution in [0.5, 0.6) is 0 Å². The molecule has 0 fully saturated rings. The standard InChI is InChI=1S/C13H26O2/c1-8-15-11(13(5,6)7)10(14)9-12(2,3)4/h11H,8-9H2,1-7H3. The Balaban J connectivity index is 4.58. The molecule has 0 aliphatic heterocycles. The number of ether oxygens (including phenoxy) is 1. The van der Waals surface area contributed by atoms with E-state index in [1.807, 2.05) is 27.7 Å². The highest BCUT2D eigenvalue weighted by Crippen LogP contribution is 2.28. The Kier molecular flexibility index (Phi) is 4.98. The maximum absolute atomic E-state index is 12.1. The van der Waals surface area contributed by atoms with Gasteiger partial charge in [0.15, 0.2) is 5.78 Å². The van der Waals surface area contributed by atoms with Crippen molar-refractivity contribution in [3.05, 3.63) is 0 Å². The van der Waals surface area contributed by atoms with Gasteiger partial charge in [0.25, 0.3) is 0 Å². The molecular formula is C13H26O2. The summed E-state index contributed by atoms with van der Waals surface area (Å²) in [7, 11) is 0. The molecule has 0 aromatic heterocycles. The van der Waals surface area contributed by atoms with Gasteiger partial charge in [0.05, 0.1) is 0 Å². The second kappa shape index (κ2) is 5.11. The minimum atomic E-state index is -0.276. The van der Waals surface area contributed by atoms with Gasteiger partial charge >= 0.3 is 0 Å². The molecule has 0 saturated heterocycles. The molecule has 0 heterocycles. The van der Waals surface area contributed by atoms with E-state index in [2.05, 4.69) is 20.8 Å². The molecule has 0 bridgehead atoms. The van der Waals surface area contributed by atoms with Gasteiger partial charge in [-0.25, -0.2) is 0 Å². The lowest BCUT2D eigenvalue weighted by atomic mass is 9.80. The number of hydrogen-bond donors (Lipinski definition) is 0. The molecule has 0 aromatic rings. The van der Waals surface area contributed by atoms with E-state index in [0.717, 1.165) is 0 Å². The first-order valence-electron chi connectivity index (χ1n) is 5.72. The van der Waals surface area contributed by atoms with Gasteiger partial charge in [-0.1, -0.05) is 41.5 Å². The largest absolute Gasteiger partial charge is 0.370 e. The van der Waals surface area contributed by atoms with Crippen molar-refractivity contribution in [2.75, 3.05) is 6.61 Å². The molecule has 0 aliphatic carbocycles. The predicted molar refractivity (Wildman–Crippen MR) is 63.9 cm³/mol. The Morgan fingerprint density at radius 1 is 1.13 bits per heavy atom. The van der Waals surface area contributed by atoms with Gasteiger partial charge in [-0.2, -0.15) is 0 Å². The Hall–Kier alpha value is -0.370. The summed E-state index contributed by atoms with van der Waals surface area (Å²) in [5.74, 6) is 0.219. The Morgan fingerprint density at radius 2 is 1.60 bits per heavy atom. The van der Waals surface area contributed by atoms with Gasteiger partial charge in [-0.05, 0) is 17.8 Å².